The molecule has 1 aromatic carbocycles. The summed E-state index contributed by atoms with van der Waals surface area (Å²) < 4.78 is 31.9. The number of methoxy groups -OCH3 is 1. The minimum Gasteiger partial charge on any atom is -0.496 e. The van der Waals surface area contributed by atoms with Gasteiger partial charge < -0.3 is 4.74 Å². The van der Waals surface area contributed by atoms with Gasteiger partial charge in [0.1, 0.15) is 5.75 Å². The lowest BCUT2D eigenvalue weighted by Crippen LogP contribution is -2.12. The van der Waals surface area contributed by atoms with E-state index in [0.717, 1.165) is 18.1 Å². The molecule has 0 radical (unpaired) electrons. The summed E-state index contributed by atoms with van der Waals surface area (Å²) in [6.07, 6.45) is 2.40. The normalized spacial score (nSPS) is 10.8. The number of benzene rings is 1. The molecule has 0 saturated heterocycles. The van der Waals surface area contributed by atoms with Gasteiger partial charge in [-0.2, -0.15) is 8.78 Å². The summed E-state index contributed by atoms with van der Waals surface area (Å²) in [5.41, 5.74) is 0.346. The molecule has 0 saturated carbocycles. The molecule has 0 fully saturated rings. The Bertz CT molecular complexity index is 440. The largest absolute Gasteiger partial charge is 0.496 e. The van der Waals surface area contributed by atoms with Gasteiger partial charge in [0.2, 0.25) is 6.08 Å². The number of aryl methyl sites for hydroxylation is 1. The third-order valence-corrected chi connectivity index (χ3v) is 2.31. The van der Waals surface area contributed by atoms with E-state index >= 15 is 0 Å². The first-order chi connectivity index (χ1) is 8.05. The van der Waals surface area contributed by atoms with Crippen molar-refractivity contribution in [3.63, 3.8) is 0 Å². The van der Waals surface area contributed by atoms with E-state index in [1.807, 2.05) is 6.92 Å². The maximum Gasteiger partial charge on any atom is 0.382 e. The van der Waals surface area contributed by atoms with Crippen LogP contribution in [-0.4, -0.2) is 13.2 Å². The molecule has 1 aromatic rings. The zero-order chi connectivity index (χ0) is 12.9. The molecule has 1 rings (SSSR count). The quantitative estimate of drug-likeness (QED) is 0.451. The highest BCUT2D eigenvalue weighted by atomic mass is 19.3. The van der Waals surface area contributed by atoms with Crippen LogP contribution in [0.25, 0.3) is 0 Å². The van der Waals surface area contributed by atoms with Crippen LogP contribution in [0.3, 0.4) is 0 Å². The molecule has 0 bridgehead atoms. The van der Waals surface area contributed by atoms with Crippen LogP contribution in [0.1, 0.15) is 24.5 Å². The van der Waals surface area contributed by atoms with Crippen LogP contribution in [0.15, 0.2) is 23.2 Å². The monoisotopic (exact) mass is 241 g/mol. The number of hydrogen-bond donors (Lipinski definition) is 0. The summed E-state index contributed by atoms with van der Waals surface area (Å²) in [5, 5.41) is 0. The third kappa shape index (κ3) is 3.11. The molecule has 0 unspecified atom stereocenters. The van der Waals surface area contributed by atoms with Crippen molar-refractivity contribution < 1.29 is 18.3 Å². The van der Waals surface area contributed by atoms with Gasteiger partial charge in [0.05, 0.1) is 12.7 Å². The number of rotatable bonds is 5. The molecule has 3 nitrogen and oxygen atoms in total. The van der Waals surface area contributed by atoms with Crippen molar-refractivity contribution in [2.45, 2.75) is 25.8 Å². The average Bonchev–Trinajstić information content (AvgIpc) is 2.29. The van der Waals surface area contributed by atoms with E-state index in [1.165, 1.54) is 19.2 Å². The van der Waals surface area contributed by atoms with E-state index in [1.54, 1.807) is 6.07 Å². The Hall–Kier alpha value is -1.74. The molecule has 0 aliphatic rings. The van der Waals surface area contributed by atoms with Gasteiger partial charge in [-0.05, 0) is 24.1 Å². The molecule has 5 heteroatoms. The number of halogens is 2. The van der Waals surface area contributed by atoms with Crippen molar-refractivity contribution in [2.24, 2.45) is 4.99 Å². The van der Waals surface area contributed by atoms with E-state index in [0.29, 0.717) is 6.42 Å². The Balaban J connectivity index is 3.27. The van der Waals surface area contributed by atoms with Crippen molar-refractivity contribution >= 4 is 6.08 Å². The van der Waals surface area contributed by atoms with E-state index in [9.17, 15) is 13.6 Å². The second-order valence-corrected chi connectivity index (χ2v) is 3.53. The van der Waals surface area contributed by atoms with Crippen molar-refractivity contribution in [1.29, 1.82) is 0 Å². The first-order valence-corrected chi connectivity index (χ1v) is 5.19. The van der Waals surface area contributed by atoms with Crippen LogP contribution in [-0.2, 0) is 17.3 Å². The second kappa shape index (κ2) is 5.55. The minimum absolute atomic E-state index is 0.00820. The fraction of sp³-hybridized carbons (Fsp3) is 0.417. The SMILES string of the molecule is CCCc1ccc(OC)c(C(F)(F)N=C=O)c1. The smallest absolute Gasteiger partial charge is 0.382 e. The topological polar surface area (TPSA) is 38.7 Å². The predicted molar refractivity (Wildman–Crippen MR) is 59.0 cm³/mol. The maximum absolute atomic E-state index is 13.5. The van der Waals surface area contributed by atoms with Crippen molar-refractivity contribution in [1.82, 2.24) is 0 Å². The summed E-state index contributed by atoms with van der Waals surface area (Å²) in [7, 11) is 1.29. The molecule has 17 heavy (non-hydrogen) atoms. The first-order valence-electron chi connectivity index (χ1n) is 5.19. The van der Waals surface area contributed by atoms with Gasteiger partial charge in [0, 0.05) is 0 Å². The molecule has 0 spiro atoms. The highest BCUT2D eigenvalue weighted by Gasteiger charge is 2.34. The van der Waals surface area contributed by atoms with Gasteiger partial charge in [-0.1, -0.05) is 19.4 Å². The summed E-state index contributed by atoms with van der Waals surface area (Å²) in [4.78, 5) is 12.5. The van der Waals surface area contributed by atoms with Gasteiger partial charge in [-0.15, -0.1) is 4.99 Å². The number of isocyanates is 1. The first kappa shape index (κ1) is 13.3. The number of carbonyl (C=O) groups excluding carboxylic acids is 1. The summed E-state index contributed by atoms with van der Waals surface area (Å²) in [5.74, 6) is 0.00820. The zero-order valence-corrected chi connectivity index (χ0v) is 9.67. The zero-order valence-electron chi connectivity index (χ0n) is 9.67. The van der Waals surface area contributed by atoms with Crippen molar-refractivity contribution in [2.75, 3.05) is 7.11 Å². The van der Waals surface area contributed by atoms with Crippen LogP contribution in [0.2, 0.25) is 0 Å². The molecule has 0 heterocycles. The van der Waals surface area contributed by atoms with Gasteiger partial charge in [0.25, 0.3) is 0 Å². The summed E-state index contributed by atoms with van der Waals surface area (Å²) >= 11 is 0. The number of nitrogens with zero attached hydrogens (tertiary/aromatic N) is 1. The van der Waals surface area contributed by atoms with E-state index in [-0.39, 0.29) is 5.75 Å². The Morgan fingerprint density at radius 2 is 2.18 bits per heavy atom. The van der Waals surface area contributed by atoms with Crippen LogP contribution in [0.4, 0.5) is 8.78 Å². The van der Waals surface area contributed by atoms with Crippen molar-refractivity contribution in [3.8, 4) is 5.75 Å². The van der Waals surface area contributed by atoms with Crippen LogP contribution in [0.5, 0.6) is 5.75 Å². The highest BCUT2D eigenvalue weighted by molar-refractivity contribution is 5.43. The number of alkyl halides is 2. The van der Waals surface area contributed by atoms with E-state index in [2.05, 4.69) is 4.99 Å². The lowest BCUT2D eigenvalue weighted by molar-refractivity contribution is 0.00382. The summed E-state index contributed by atoms with van der Waals surface area (Å²) in [6, 6.07) is 0.876. The molecule has 0 atom stereocenters. The molecule has 92 valence electrons. The molecule has 0 aromatic heterocycles. The fourth-order valence-corrected chi connectivity index (χ4v) is 1.55. The average molecular weight is 241 g/mol. The van der Waals surface area contributed by atoms with Crippen molar-refractivity contribution in [3.05, 3.63) is 29.3 Å². The Labute approximate surface area is 98.1 Å². The molecule has 0 aliphatic heterocycles. The fourth-order valence-electron chi connectivity index (χ4n) is 1.55. The Morgan fingerprint density at radius 1 is 1.47 bits per heavy atom. The van der Waals surface area contributed by atoms with Gasteiger partial charge in [-0.3, -0.25) is 0 Å². The molecular weight excluding hydrogens is 228 g/mol. The minimum atomic E-state index is -3.60. The number of aliphatic imine (C=N–C) groups is 1. The molecule has 0 aliphatic carbocycles. The third-order valence-electron chi connectivity index (χ3n) is 2.31. The second-order valence-electron chi connectivity index (χ2n) is 3.53. The van der Waals surface area contributed by atoms with Crippen LogP contribution >= 0.6 is 0 Å². The number of hydrogen-bond acceptors (Lipinski definition) is 3. The lowest BCUT2D eigenvalue weighted by atomic mass is 10.0. The van der Waals surface area contributed by atoms with Crippen LogP contribution in [0, 0.1) is 0 Å². The number of ether oxygens (including phenoxy) is 1. The maximum atomic E-state index is 13.5. The molecule has 0 amide bonds. The van der Waals surface area contributed by atoms with Gasteiger partial charge in [-0.25, -0.2) is 4.79 Å². The van der Waals surface area contributed by atoms with E-state index in [4.69, 9.17) is 4.74 Å². The molecule has 0 N–H and O–H groups in total. The van der Waals surface area contributed by atoms with E-state index < -0.39 is 11.6 Å². The Kier molecular flexibility index (Phi) is 4.35. The Morgan fingerprint density at radius 3 is 2.71 bits per heavy atom. The lowest BCUT2D eigenvalue weighted by Gasteiger charge is -2.15. The molecular formula is C12H13F2NO2. The van der Waals surface area contributed by atoms with Gasteiger partial charge in [0.15, 0.2) is 0 Å². The van der Waals surface area contributed by atoms with Gasteiger partial charge >= 0.3 is 6.05 Å². The van der Waals surface area contributed by atoms with Crippen LogP contribution < -0.4 is 4.74 Å². The standard InChI is InChI=1S/C12H13F2NO2/c1-3-4-9-5-6-11(17-2)10(7-9)12(13,14)15-8-16/h5-7H,3-4H2,1-2H3. The highest BCUT2D eigenvalue weighted by Crippen LogP contribution is 2.36. The predicted octanol–water partition coefficient (Wildman–Crippen LogP) is 3.03. The summed E-state index contributed by atoms with van der Waals surface area (Å²) in [6.45, 7) is 1.95.